The molecular formula is C18H17NO4. The molecule has 1 aromatic heterocycles. The van der Waals surface area contributed by atoms with E-state index >= 15 is 0 Å². The summed E-state index contributed by atoms with van der Waals surface area (Å²) in [5.41, 5.74) is 0.804. The average Bonchev–Trinajstić information content (AvgIpc) is 2.57. The zero-order valence-electron chi connectivity index (χ0n) is 12.8. The second kappa shape index (κ2) is 6.52. The highest BCUT2D eigenvalue weighted by Gasteiger charge is 2.11. The van der Waals surface area contributed by atoms with Gasteiger partial charge >= 0.3 is 11.4 Å². The molecule has 0 amide bonds. The molecule has 5 heteroatoms. The third-order valence-electron chi connectivity index (χ3n) is 3.58. The van der Waals surface area contributed by atoms with Gasteiger partial charge in [0.2, 0.25) is 0 Å². The first-order valence-electron chi connectivity index (χ1n) is 7.54. The zero-order chi connectivity index (χ0) is 16.2. The highest BCUT2D eigenvalue weighted by atomic mass is 16.5. The molecule has 0 saturated heterocycles. The van der Waals surface area contributed by atoms with Gasteiger partial charge in [-0.25, -0.2) is 9.59 Å². The van der Waals surface area contributed by atoms with Gasteiger partial charge in [-0.05, 0) is 24.6 Å². The Balaban J connectivity index is 2.10. The smallest absolute Gasteiger partial charge is 0.422 e. The normalized spacial score (nSPS) is 10.8. The van der Waals surface area contributed by atoms with E-state index in [1.807, 2.05) is 31.2 Å². The van der Waals surface area contributed by atoms with Crippen LogP contribution in [0.25, 0.3) is 10.9 Å². The molecule has 23 heavy (non-hydrogen) atoms. The van der Waals surface area contributed by atoms with Crippen LogP contribution in [-0.4, -0.2) is 11.2 Å². The third kappa shape index (κ3) is 3.04. The summed E-state index contributed by atoms with van der Waals surface area (Å²) in [5, 5.41) is 0.388. The van der Waals surface area contributed by atoms with Gasteiger partial charge in [-0.2, -0.15) is 0 Å². The summed E-state index contributed by atoms with van der Waals surface area (Å²) >= 11 is 0. The van der Waals surface area contributed by atoms with Crippen LogP contribution >= 0.6 is 0 Å². The van der Waals surface area contributed by atoms with Crippen molar-refractivity contribution < 1.29 is 9.15 Å². The number of ether oxygens (including phenoxy) is 1. The number of rotatable bonds is 5. The first-order chi connectivity index (χ1) is 11.2. The first-order valence-corrected chi connectivity index (χ1v) is 7.54. The molecule has 0 fully saturated rings. The van der Waals surface area contributed by atoms with Gasteiger partial charge in [0.15, 0.2) is 0 Å². The summed E-state index contributed by atoms with van der Waals surface area (Å²) in [6, 6.07) is 14.5. The minimum Gasteiger partial charge on any atom is -0.493 e. The molecule has 5 nitrogen and oxygen atoms in total. The molecule has 0 spiro atoms. The van der Waals surface area contributed by atoms with Crippen LogP contribution in [0.5, 0.6) is 5.75 Å². The SMILES string of the molecule is CCCOc1ccccc1Cn1c(=O)oc(=O)c2ccccc21. The molecule has 0 aliphatic rings. The van der Waals surface area contributed by atoms with E-state index in [1.54, 1.807) is 24.3 Å². The minimum atomic E-state index is -0.668. The van der Waals surface area contributed by atoms with Crippen LogP contribution in [0.1, 0.15) is 18.9 Å². The zero-order valence-corrected chi connectivity index (χ0v) is 12.8. The molecule has 0 saturated carbocycles. The molecule has 0 aliphatic heterocycles. The van der Waals surface area contributed by atoms with Crippen LogP contribution in [0.2, 0.25) is 0 Å². The Kier molecular flexibility index (Phi) is 4.28. The first kappa shape index (κ1) is 15.1. The Morgan fingerprint density at radius 1 is 1.04 bits per heavy atom. The molecule has 1 heterocycles. The maximum absolute atomic E-state index is 12.1. The maximum atomic E-state index is 12.1. The number of para-hydroxylation sites is 2. The lowest BCUT2D eigenvalue weighted by Gasteiger charge is -2.13. The van der Waals surface area contributed by atoms with Crippen LogP contribution in [0, 0.1) is 0 Å². The van der Waals surface area contributed by atoms with E-state index in [1.165, 1.54) is 4.57 Å². The van der Waals surface area contributed by atoms with Gasteiger partial charge in [0, 0.05) is 5.56 Å². The molecule has 118 valence electrons. The summed E-state index contributed by atoms with van der Waals surface area (Å²) in [6.45, 7) is 2.92. The van der Waals surface area contributed by atoms with Crippen molar-refractivity contribution >= 4 is 10.9 Å². The summed E-state index contributed by atoms with van der Waals surface area (Å²) in [4.78, 5) is 23.9. The Hall–Kier alpha value is -2.82. The molecule has 0 aliphatic carbocycles. The largest absolute Gasteiger partial charge is 0.493 e. The van der Waals surface area contributed by atoms with Crippen molar-refractivity contribution in [2.75, 3.05) is 6.61 Å². The van der Waals surface area contributed by atoms with Crippen LogP contribution in [0.3, 0.4) is 0 Å². The minimum absolute atomic E-state index is 0.281. The monoisotopic (exact) mass is 311 g/mol. The molecule has 0 N–H and O–H groups in total. The lowest BCUT2D eigenvalue weighted by molar-refractivity contribution is 0.313. The van der Waals surface area contributed by atoms with Crippen LogP contribution < -0.4 is 16.1 Å². The van der Waals surface area contributed by atoms with E-state index in [-0.39, 0.29) is 6.54 Å². The Morgan fingerprint density at radius 2 is 1.78 bits per heavy atom. The number of hydrogen-bond acceptors (Lipinski definition) is 4. The maximum Gasteiger partial charge on any atom is 0.422 e. The average molecular weight is 311 g/mol. The number of nitrogens with zero attached hydrogens (tertiary/aromatic N) is 1. The predicted octanol–water partition coefficient (Wildman–Crippen LogP) is 2.79. The number of fused-ring (bicyclic) bond motifs is 1. The van der Waals surface area contributed by atoms with E-state index in [9.17, 15) is 9.59 Å². The fourth-order valence-electron chi connectivity index (χ4n) is 2.48. The summed E-state index contributed by atoms with van der Waals surface area (Å²) in [7, 11) is 0. The van der Waals surface area contributed by atoms with E-state index in [0.29, 0.717) is 17.5 Å². The fraction of sp³-hybridized carbons (Fsp3) is 0.222. The van der Waals surface area contributed by atoms with Crippen molar-refractivity contribution in [2.45, 2.75) is 19.9 Å². The molecule has 0 radical (unpaired) electrons. The van der Waals surface area contributed by atoms with Crippen molar-refractivity contribution in [3.05, 3.63) is 75.1 Å². The van der Waals surface area contributed by atoms with Crippen molar-refractivity contribution in [1.82, 2.24) is 4.57 Å². The molecule has 2 aromatic carbocycles. The van der Waals surface area contributed by atoms with Gasteiger partial charge in [0.05, 0.1) is 24.1 Å². The number of benzene rings is 2. The van der Waals surface area contributed by atoms with E-state index in [4.69, 9.17) is 9.15 Å². The Morgan fingerprint density at radius 3 is 2.61 bits per heavy atom. The molecule has 3 aromatic rings. The molecule has 0 bridgehead atoms. The van der Waals surface area contributed by atoms with Crippen LogP contribution in [-0.2, 0) is 6.54 Å². The van der Waals surface area contributed by atoms with E-state index in [0.717, 1.165) is 17.7 Å². The van der Waals surface area contributed by atoms with Crippen LogP contribution in [0.4, 0.5) is 0 Å². The van der Waals surface area contributed by atoms with E-state index in [2.05, 4.69) is 0 Å². The number of hydrogen-bond donors (Lipinski definition) is 0. The van der Waals surface area contributed by atoms with Gasteiger partial charge in [-0.15, -0.1) is 0 Å². The number of aromatic nitrogens is 1. The molecule has 0 atom stereocenters. The lowest BCUT2D eigenvalue weighted by Crippen LogP contribution is -2.25. The van der Waals surface area contributed by atoms with Crippen LogP contribution in [0.15, 0.2) is 62.5 Å². The quantitative estimate of drug-likeness (QED) is 0.727. The van der Waals surface area contributed by atoms with E-state index < -0.39 is 11.4 Å². The van der Waals surface area contributed by atoms with Crippen molar-refractivity contribution in [3.8, 4) is 5.75 Å². The van der Waals surface area contributed by atoms with Gasteiger partial charge in [0.1, 0.15) is 5.75 Å². The van der Waals surface area contributed by atoms with Crippen molar-refractivity contribution in [1.29, 1.82) is 0 Å². The second-order valence-electron chi connectivity index (χ2n) is 5.21. The second-order valence-corrected chi connectivity index (χ2v) is 5.21. The lowest BCUT2D eigenvalue weighted by atomic mass is 10.2. The van der Waals surface area contributed by atoms with Gasteiger partial charge in [-0.1, -0.05) is 37.3 Å². The summed E-state index contributed by atoms with van der Waals surface area (Å²) < 4.78 is 12.0. The molecular weight excluding hydrogens is 294 g/mol. The predicted molar refractivity (Wildman–Crippen MR) is 88.1 cm³/mol. The third-order valence-corrected chi connectivity index (χ3v) is 3.58. The van der Waals surface area contributed by atoms with Gasteiger partial charge in [-0.3, -0.25) is 4.57 Å². The highest BCUT2D eigenvalue weighted by Crippen LogP contribution is 2.20. The van der Waals surface area contributed by atoms with Crippen molar-refractivity contribution in [2.24, 2.45) is 0 Å². The Labute approximate surface area is 132 Å². The van der Waals surface area contributed by atoms with Gasteiger partial charge < -0.3 is 9.15 Å². The standard InChI is InChI=1S/C18H17NO4/c1-2-11-22-16-10-6-3-7-13(16)12-19-15-9-5-4-8-14(15)17(20)23-18(19)21/h3-10H,2,11-12H2,1H3. The fourth-order valence-corrected chi connectivity index (χ4v) is 2.48. The summed E-state index contributed by atoms with van der Waals surface area (Å²) in [6.07, 6.45) is 0.900. The van der Waals surface area contributed by atoms with Gasteiger partial charge in [0.25, 0.3) is 0 Å². The molecule has 0 unspecified atom stereocenters. The summed E-state index contributed by atoms with van der Waals surface area (Å²) in [5.74, 6) is 0.0653. The van der Waals surface area contributed by atoms with Crippen molar-refractivity contribution in [3.63, 3.8) is 0 Å². The highest BCUT2D eigenvalue weighted by molar-refractivity contribution is 5.77. The molecule has 3 rings (SSSR count). The Bertz CT molecular complexity index is 939. The topological polar surface area (TPSA) is 61.4 Å².